The molecule has 3 aromatic rings. The van der Waals surface area contributed by atoms with E-state index in [1.807, 2.05) is 24.3 Å². The second-order valence-corrected chi connectivity index (χ2v) is 9.39. The fourth-order valence-electron chi connectivity index (χ4n) is 2.66. The van der Waals surface area contributed by atoms with Crippen molar-refractivity contribution >= 4 is 37.4 Å². The van der Waals surface area contributed by atoms with Crippen molar-refractivity contribution in [3.63, 3.8) is 0 Å². The Morgan fingerprint density at radius 1 is 0.966 bits per heavy atom. The summed E-state index contributed by atoms with van der Waals surface area (Å²) in [6, 6.07) is 20.8. The number of halogens is 1. The minimum absolute atomic E-state index is 0.0287. The van der Waals surface area contributed by atoms with Crippen LogP contribution in [-0.2, 0) is 16.4 Å². The number of sulfone groups is 1. The number of anilines is 1. The Balaban J connectivity index is 1.74. The standard InChI is InChI=1S/C22H20BrNO4S/c1-2-29(26,27)18-13-11-17(12-14-18)24-22(25)19-8-4-6-10-21(19)28-15-16-7-3-5-9-20(16)23/h3-14H,2,15H2,1H3,(H,24,25). The van der Waals surface area contributed by atoms with Crippen LogP contribution in [0, 0.1) is 0 Å². The van der Waals surface area contributed by atoms with Crippen molar-refractivity contribution < 1.29 is 17.9 Å². The molecule has 29 heavy (non-hydrogen) atoms. The van der Waals surface area contributed by atoms with Crippen molar-refractivity contribution in [2.75, 3.05) is 11.1 Å². The lowest BCUT2D eigenvalue weighted by Gasteiger charge is -2.13. The van der Waals surface area contributed by atoms with Crippen LogP contribution in [0.15, 0.2) is 82.2 Å². The Morgan fingerprint density at radius 2 is 1.62 bits per heavy atom. The number of carbonyl (C=O) groups is 1. The average molecular weight is 474 g/mol. The second kappa shape index (κ2) is 9.24. The van der Waals surface area contributed by atoms with Gasteiger partial charge < -0.3 is 10.1 Å². The van der Waals surface area contributed by atoms with E-state index in [2.05, 4.69) is 21.2 Å². The maximum absolute atomic E-state index is 12.7. The quantitative estimate of drug-likeness (QED) is 0.519. The van der Waals surface area contributed by atoms with Crippen LogP contribution >= 0.6 is 15.9 Å². The topological polar surface area (TPSA) is 72.5 Å². The van der Waals surface area contributed by atoms with Crippen LogP contribution < -0.4 is 10.1 Å². The Bertz CT molecular complexity index is 1110. The van der Waals surface area contributed by atoms with E-state index >= 15 is 0 Å². The summed E-state index contributed by atoms with van der Waals surface area (Å²) in [6.45, 7) is 1.91. The third-order valence-corrected chi connectivity index (χ3v) is 6.85. The molecule has 0 spiro atoms. The molecule has 0 aliphatic carbocycles. The molecule has 3 aromatic carbocycles. The molecule has 150 valence electrons. The maximum atomic E-state index is 12.7. The summed E-state index contributed by atoms with van der Waals surface area (Å²) in [5.74, 6) is 0.158. The van der Waals surface area contributed by atoms with Gasteiger partial charge in [0.25, 0.3) is 5.91 Å². The van der Waals surface area contributed by atoms with Gasteiger partial charge >= 0.3 is 0 Å². The molecule has 0 saturated carbocycles. The van der Waals surface area contributed by atoms with Crippen molar-refractivity contribution in [1.29, 1.82) is 0 Å². The number of hydrogen-bond donors (Lipinski definition) is 1. The number of nitrogens with one attached hydrogen (secondary N) is 1. The number of benzene rings is 3. The summed E-state index contributed by atoms with van der Waals surface area (Å²) in [6.07, 6.45) is 0. The van der Waals surface area contributed by atoms with E-state index in [0.717, 1.165) is 10.0 Å². The van der Waals surface area contributed by atoms with Crippen LogP contribution in [0.1, 0.15) is 22.8 Å². The van der Waals surface area contributed by atoms with Gasteiger partial charge in [0, 0.05) is 15.7 Å². The first-order chi connectivity index (χ1) is 13.9. The molecular weight excluding hydrogens is 454 g/mol. The normalized spacial score (nSPS) is 11.1. The molecule has 5 nitrogen and oxygen atoms in total. The molecule has 0 fully saturated rings. The summed E-state index contributed by atoms with van der Waals surface area (Å²) >= 11 is 3.48. The molecule has 7 heteroatoms. The number of carbonyl (C=O) groups excluding carboxylic acids is 1. The molecule has 0 saturated heterocycles. The number of rotatable bonds is 7. The molecule has 1 N–H and O–H groups in total. The van der Waals surface area contributed by atoms with Gasteiger partial charge in [0.1, 0.15) is 12.4 Å². The van der Waals surface area contributed by atoms with Gasteiger partial charge in [0.05, 0.1) is 16.2 Å². The molecule has 0 aliphatic rings. The van der Waals surface area contributed by atoms with Crippen molar-refractivity contribution in [1.82, 2.24) is 0 Å². The summed E-state index contributed by atoms with van der Waals surface area (Å²) in [5.41, 5.74) is 1.87. The first-order valence-corrected chi connectivity index (χ1v) is 11.4. The molecule has 3 rings (SSSR count). The zero-order valence-corrected chi connectivity index (χ0v) is 18.2. The van der Waals surface area contributed by atoms with E-state index in [4.69, 9.17) is 4.74 Å². The lowest BCUT2D eigenvalue weighted by atomic mass is 10.1. The lowest BCUT2D eigenvalue weighted by molar-refractivity contribution is 0.102. The molecule has 0 unspecified atom stereocenters. The summed E-state index contributed by atoms with van der Waals surface area (Å²) < 4.78 is 30.6. The summed E-state index contributed by atoms with van der Waals surface area (Å²) in [4.78, 5) is 13.0. The van der Waals surface area contributed by atoms with Crippen LogP contribution in [0.3, 0.4) is 0 Å². The molecule has 0 radical (unpaired) electrons. The van der Waals surface area contributed by atoms with Crippen LogP contribution in [0.25, 0.3) is 0 Å². The fourth-order valence-corrected chi connectivity index (χ4v) is 3.95. The minimum atomic E-state index is -3.28. The molecule has 1 amide bonds. The number of amides is 1. The Hall–Kier alpha value is -2.64. The summed E-state index contributed by atoms with van der Waals surface area (Å²) in [7, 11) is -3.28. The SMILES string of the molecule is CCS(=O)(=O)c1ccc(NC(=O)c2ccccc2OCc2ccccc2Br)cc1. The third-order valence-electron chi connectivity index (χ3n) is 4.32. The minimum Gasteiger partial charge on any atom is -0.488 e. The van der Waals surface area contributed by atoms with Crippen molar-refractivity contribution in [2.45, 2.75) is 18.4 Å². The van der Waals surface area contributed by atoms with Crippen molar-refractivity contribution in [3.05, 3.63) is 88.4 Å². The van der Waals surface area contributed by atoms with Gasteiger partial charge in [-0.25, -0.2) is 8.42 Å². The zero-order chi connectivity index (χ0) is 20.9. The highest BCUT2D eigenvalue weighted by molar-refractivity contribution is 9.10. The van der Waals surface area contributed by atoms with Crippen molar-refractivity contribution in [2.24, 2.45) is 0 Å². The second-order valence-electron chi connectivity index (χ2n) is 6.26. The highest BCUT2D eigenvalue weighted by Gasteiger charge is 2.15. The van der Waals surface area contributed by atoms with Gasteiger partial charge in [-0.15, -0.1) is 0 Å². The molecule has 0 atom stereocenters. The number of para-hydroxylation sites is 1. The van der Waals surface area contributed by atoms with Crippen LogP contribution in [0.5, 0.6) is 5.75 Å². The molecular formula is C22H20BrNO4S. The fraction of sp³-hybridized carbons (Fsp3) is 0.136. The number of ether oxygens (including phenoxy) is 1. The van der Waals surface area contributed by atoms with E-state index in [0.29, 0.717) is 23.6 Å². The summed E-state index contributed by atoms with van der Waals surface area (Å²) in [5, 5.41) is 2.78. The largest absolute Gasteiger partial charge is 0.488 e. The van der Waals surface area contributed by atoms with E-state index in [1.54, 1.807) is 43.3 Å². The van der Waals surface area contributed by atoms with Gasteiger partial charge in [-0.1, -0.05) is 53.2 Å². The average Bonchev–Trinajstić information content (AvgIpc) is 2.74. The van der Waals surface area contributed by atoms with E-state index in [9.17, 15) is 13.2 Å². The smallest absolute Gasteiger partial charge is 0.259 e. The van der Waals surface area contributed by atoms with Crippen LogP contribution in [-0.4, -0.2) is 20.1 Å². The Morgan fingerprint density at radius 3 is 2.31 bits per heavy atom. The lowest BCUT2D eigenvalue weighted by Crippen LogP contribution is -2.14. The number of hydrogen-bond acceptors (Lipinski definition) is 4. The highest BCUT2D eigenvalue weighted by Crippen LogP contribution is 2.24. The van der Waals surface area contributed by atoms with Gasteiger partial charge in [0.2, 0.25) is 0 Å². The highest BCUT2D eigenvalue weighted by atomic mass is 79.9. The van der Waals surface area contributed by atoms with Crippen LogP contribution in [0.4, 0.5) is 5.69 Å². The van der Waals surface area contributed by atoms with Crippen LogP contribution in [0.2, 0.25) is 0 Å². The van der Waals surface area contributed by atoms with Gasteiger partial charge in [-0.3, -0.25) is 4.79 Å². The zero-order valence-electron chi connectivity index (χ0n) is 15.8. The third kappa shape index (κ3) is 5.25. The predicted octanol–water partition coefficient (Wildman–Crippen LogP) is 5.07. The van der Waals surface area contributed by atoms with E-state index < -0.39 is 9.84 Å². The maximum Gasteiger partial charge on any atom is 0.259 e. The molecule has 0 aromatic heterocycles. The van der Waals surface area contributed by atoms with Crippen molar-refractivity contribution in [3.8, 4) is 5.75 Å². The first kappa shape index (κ1) is 21.1. The molecule has 0 aliphatic heterocycles. The monoisotopic (exact) mass is 473 g/mol. The van der Waals surface area contributed by atoms with E-state index in [1.165, 1.54) is 12.1 Å². The Kier molecular flexibility index (Phi) is 6.71. The first-order valence-electron chi connectivity index (χ1n) is 9.00. The predicted molar refractivity (Wildman–Crippen MR) is 117 cm³/mol. The van der Waals surface area contributed by atoms with Gasteiger partial charge in [-0.05, 0) is 42.5 Å². The van der Waals surface area contributed by atoms with Gasteiger partial charge in [0.15, 0.2) is 9.84 Å². The van der Waals surface area contributed by atoms with Gasteiger partial charge in [-0.2, -0.15) is 0 Å². The Labute approximate surface area is 178 Å². The van der Waals surface area contributed by atoms with E-state index in [-0.39, 0.29) is 16.6 Å². The molecule has 0 bridgehead atoms. The molecule has 0 heterocycles.